The highest BCUT2D eigenvalue weighted by Gasteiger charge is 2.29. The number of halogens is 4. The lowest BCUT2D eigenvalue weighted by Crippen LogP contribution is -2.36. The van der Waals surface area contributed by atoms with Crippen LogP contribution in [0.3, 0.4) is 0 Å². The predicted molar refractivity (Wildman–Crippen MR) is 94.0 cm³/mol. The number of hydrogen-bond acceptors (Lipinski definition) is 3. The average molecular weight is 384 g/mol. The van der Waals surface area contributed by atoms with E-state index in [1.54, 1.807) is 38.2 Å². The summed E-state index contributed by atoms with van der Waals surface area (Å²) in [5, 5.41) is 6.04. The molecule has 5 nitrogen and oxygen atoms in total. The number of nitrogens with zero attached hydrogens (tertiary/aromatic N) is 2. The lowest BCUT2D eigenvalue weighted by molar-refractivity contribution is -0.154. The second-order valence-electron chi connectivity index (χ2n) is 5.73. The number of benzene rings is 1. The van der Waals surface area contributed by atoms with Gasteiger partial charge in [-0.2, -0.15) is 13.2 Å². The smallest absolute Gasteiger partial charge is 0.422 e. The Morgan fingerprint density at radius 3 is 2.59 bits per heavy atom. The van der Waals surface area contributed by atoms with E-state index in [9.17, 15) is 17.6 Å². The molecule has 2 N–H and O–H groups in total. The molecule has 1 aromatic heterocycles. The van der Waals surface area contributed by atoms with Crippen molar-refractivity contribution in [1.82, 2.24) is 15.6 Å². The van der Waals surface area contributed by atoms with Gasteiger partial charge in [0.25, 0.3) is 0 Å². The van der Waals surface area contributed by atoms with Crippen LogP contribution >= 0.6 is 0 Å². The first-order valence-corrected chi connectivity index (χ1v) is 8.11. The number of ether oxygens (including phenoxy) is 1. The Morgan fingerprint density at radius 2 is 1.93 bits per heavy atom. The topological polar surface area (TPSA) is 58.5 Å². The van der Waals surface area contributed by atoms with Gasteiger partial charge in [-0.15, -0.1) is 0 Å². The molecule has 0 aliphatic rings. The molecule has 2 aromatic rings. The number of rotatable bonds is 6. The predicted octanol–water partition coefficient (Wildman–Crippen LogP) is 3.34. The lowest BCUT2D eigenvalue weighted by atomic mass is 10.1. The molecule has 0 aliphatic carbocycles. The number of alkyl halides is 3. The van der Waals surface area contributed by atoms with Crippen molar-refractivity contribution in [3.8, 4) is 5.88 Å². The van der Waals surface area contributed by atoms with Crippen LogP contribution in [0.15, 0.2) is 41.5 Å². The van der Waals surface area contributed by atoms with Gasteiger partial charge in [0.15, 0.2) is 12.6 Å². The van der Waals surface area contributed by atoms with Gasteiger partial charge in [0.2, 0.25) is 5.88 Å². The summed E-state index contributed by atoms with van der Waals surface area (Å²) < 4.78 is 55.1. The minimum absolute atomic E-state index is 0.0908. The number of nitrogens with one attached hydrogen (secondary N) is 2. The van der Waals surface area contributed by atoms with E-state index in [1.165, 1.54) is 12.3 Å². The molecule has 1 heterocycles. The van der Waals surface area contributed by atoms with Gasteiger partial charge in [0.1, 0.15) is 5.82 Å². The maximum atomic E-state index is 13.3. The van der Waals surface area contributed by atoms with Crippen molar-refractivity contribution in [2.75, 3.05) is 13.7 Å². The van der Waals surface area contributed by atoms with Gasteiger partial charge in [-0.25, -0.2) is 9.37 Å². The molecule has 9 heteroatoms. The summed E-state index contributed by atoms with van der Waals surface area (Å²) in [5.74, 6) is 0.0683. The zero-order valence-electron chi connectivity index (χ0n) is 14.9. The summed E-state index contributed by atoms with van der Waals surface area (Å²) in [7, 11) is 1.57. The Bertz CT molecular complexity index is 793. The number of pyridine rings is 1. The highest BCUT2D eigenvalue weighted by atomic mass is 19.4. The molecule has 0 fully saturated rings. The standard InChI is InChI=1S/C18H20F4N4O/c1-12-8-13(5-6-15(12)19)9-25-17(23-2)26-10-14-4-3-7-24-16(14)27-11-18(20,21)22/h3-8H,9-11H2,1-2H3,(H2,23,25,26). The summed E-state index contributed by atoms with van der Waals surface area (Å²) >= 11 is 0. The van der Waals surface area contributed by atoms with Crippen LogP contribution in [0.25, 0.3) is 0 Å². The number of aliphatic imine (C=N–C) groups is 1. The van der Waals surface area contributed by atoms with E-state index in [4.69, 9.17) is 4.74 Å². The highest BCUT2D eigenvalue weighted by Crippen LogP contribution is 2.19. The quantitative estimate of drug-likeness (QED) is 0.456. The van der Waals surface area contributed by atoms with E-state index < -0.39 is 12.8 Å². The Hall–Kier alpha value is -2.84. The molecule has 0 amide bonds. The van der Waals surface area contributed by atoms with Crippen molar-refractivity contribution >= 4 is 5.96 Å². The number of guanidine groups is 1. The third kappa shape index (κ3) is 6.76. The van der Waals surface area contributed by atoms with Crippen LogP contribution in [0, 0.1) is 12.7 Å². The lowest BCUT2D eigenvalue weighted by Gasteiger charge is -2.15. The van der Waals surface area contributed by atoms with Crippen molar-refractivity contribution in [3.05, 3.63) is 59.0 Å². The molecule has 0 saturated carbocycles. The van der Waals surface area contributed by atoms with E-state index >= 15 is 0 Å². The fourth-order valence-corrected chi connectivity index (χ4v) is 2.24. The molecule has 0 bridgehead atoms. The molecule has 146 valence electrons. The zero-order chi connectivity index (χ0) is 19.9. The van der Waals surface area contributed by atoms with E-state index in [1.807, 2.05) is 0 Å². The third-order valence-corrected chi connectivity index (χ3v) is 3.57. The zero-order valence-corrected chi connectivity index (χ0v) is 14.9. The summed E-state index contributed by atoms with van der Waals surface area (Å²) in [6.07, 6.45) is -3.08. The van der Waals surface area contributed by atoms with E-state index in [0.717, 1.165) is 5.56 Å². The molecule has 1 aromatic carbocycles. The Labute approximate surface area is 154 Å². The first-order valence-electron chi connectivity index (χ1n) is 8.11. The summed E-state index contributed by atoms with van der Waals surface area (Å²) in [6, 6.07) is 7.99. The van der Waals surface area contributed by atoms with Gasteiger partial charge in [0, 0.05) is 31.9 Å². The molecular formula is C18H20F4N4O. The number of aryl methyl sites for hydroxylation is 1. The second-order valence-corrected chi connectivity index (χ2v) is 5.73. The molecular weight excluding hydrogens is 364 g/mol. The van der Waals surface area contributed by atoms with Gasteiger partial charge in [-0.1, -0.05) is 18.2 Å². The molecule has 0 aliphatic heterocycles. The third-order valence-electron chi connectivity index (χ3n) is 3.57. The minimum atomic E-state index is -4.44. The van der Waals surface area contributed by atoms with Crippen LogP contribution in [0.2, 0.25) is 0 Å². The van der Waals surface area contributed by atoms with Gasteiger partial charge >= 0.3 is 6.18 Å². The van der Waals surface area contributed by atoms with Gasteiger partial charge < -0.3 is 15.4 Å². The van der Waals surface area contributed by atoms with Crippen LogP contribution in [0.1, 0.15) is 16.7 Å². The summed E-state index contributed by atoms with van der Waals surface area (Å²) in [5.41, 5.74) is 1.87. The van der Waals surface area contributed by atoms with Crippen LogP contribution in [-0.4, -0.2) is 30.8 Å². The van der Waals surface area contributed by atoms with E-state index in [-0.39, 0.29) is 18.2 Å². The number of hydrogen-bond donors (Lipinski definition) is 2. The first kappa shape index (κ1) is 20.5. The van der Waals surface area contributed by atoms with Gasteiger partial charge in [-0.05, 0) is 30.2 Å². The Kier molecular flexibility index (Phi) is 6.98. The molecule has 0 spiro atoms. The molecule has 0 radical (unpaired) electrons. The van der Waals surface area contributed by atoms with Gasteiger partial charge in [0.05, 0.1) is 0 Å². The van der Waals surface area contributed by atoms with Crippen LogP contribution in [0.4, 0.5) is 17.6 Å². The average Bonchev–Trinajstić information content (AvgIpc) is 2.63. The maximum Gasteiger partial charge on any atom is 0.422 e. The fraction of sp³-hybridized carbons (Fsp3) is 0.333. The first-order chi connectivity index (χ1) is 12.8. The largest absolute Gasteiger partial charge is 0.468 e. The van der Waals surface area contributed by atoms with E-state index in [0.29, 0.717) is 23.6 Å². The van der Waals surface area contributed by atoms with Crippen molar-refractivity contribution in [3.63, 3.8) is 0 Å². The van der Waals surface area contributed by atoms with Crippen LogP contribution in [-0.2, 0) is 13.1 Å². The van der Waals surface area contributed by atoms with E-state index in [2.05, 4.69) is 20.6 Å². The second kappa shape index (κ2) is 9.20. The Morgan fingerprint density at radius 1 is 1.19 bits per heavy atom. The molecule has 2 rings (SSSR count). The molecule has 0 saturated heterocycles. The molecule has 0 atom stereocenters. The fourth-order valence-electron chi connectivity index (χ4n) is 2.24. The SMILES string of the molecule is CN=C(NCc1ccc(F)c(C)c1)NCc1cccnc1OCC(F)(F)F. The van der Waals surface area contributed by atoms with Gasteiger partial charge in [-0.3, -0.25) is 4.99 Å². The van der Waals surface area contributed by atoms with Crippen molar-refractivity contribution < 1.29 is 22.3 Å². The monoisotopic (exact) mass is 384 g/mol. The Balaban J connectivity index is 1.93. The van der Waals surface area contributed by atoms with Crippen molar-refractivity contribution in [2.24, 2.45) is 4.99 Å². The number of aromatic nitrogens is 1. The molecule has 0 unspecified atom stereocenters. The normalized spacial score (nSPS) is 12.0. The minimum Gasteiger partial charge on any atom is -0.468 e. The maximum absolute atomic E-state index is 13.3. The highest BCUT2D eigenvalue weighted by molar-refractivity contribution is 5.79. The summed E-state index contributed by atoms with van der Waals surface area (Å²) in [4.78, 5) is 7.89. The van der Waals surface area contributed by atoms with Crippen molar-refractivity contribution in [1.29, 1.82) is 0 Å². The molecule has 27 heavy (non-hydrogen) atoms. The summed E-state index contributed by atoms with van der Waals surface area (Å²) in [6.45, 7) is 0.846. The van der Waals surface area contributed by atoms with Crippen LogP contribution < -0.4 is 15.4 Å². The van der Waals surface area contributed by atoms with Crippen molar-refractivity contribution in [2.45, 2.75) is 26.2 Å². The van der Waals surface area contributed by atoms with Crippen LogP contribution in [0.5, 0.6) is 5.88 Å².